The van der Waals surface area contributed by atoms with E-state index in [1.54, 1.807) is 12.1 Å². The van der Waals surface area contributed by atoms with Crippen molar-refractivity contribution in [2.24, 2.45) is 0 Å². The lowest BCUT2D eigenvalue weighted by molar-refractivity contribution is -0.133. The lowest BCUT2D eigenvalue weighted by Crippen LogP contribution is -2.48. The highest BCUT2D eigenvalue weighted by Gasteiger charge is 2.53. The maximum Gasteiger partial charge on any atom is 0.325 e. The zero-order valence-electron chi connectivity index (χ0n) is 12.6. The number of halogens is 1. The van der Waals surface area contributed by atoms with Crippen LogP contribution in [-0.2, 0) is 10.3 Å². The molecule has 2 saturated heterocycles. The quantitative estimate of drug-likeness (QED) is 0.839. The molecule has 0 radical (unpaired) electrons. The molecule has 0 bridgehead atoms. The van der Waals surface area contributed by atoms with E-state index in [2.05, 4.69) is 10.6 Å². The van der Waals surface area contributed by atoms with Crippen molar-refractivity contribution in [1.82, 2.24) is 15.5 Å². The van der Waals surface area contributed by atoms with Crippen molar-refractivity contribution in [3.05, 3.63) is 34.9 Å². The molecule has 3 rings (SSSR count). The Bertz CT molecular complexity index is 584. The maximum atomic E-state index is 13.0. The molecular weight excluding hydrogens is 302 g/mol. The standard InChI is InChI=1S/C16H20ClN3O2/c1-2-16(11-3-5-12(17)6-4-11)14(21)20(15(22)19-16)13-7-9-18-10-8-13/h3-6,13,18H,2,7-10H2,1H3,(H,19,22). The lowest BCUT2D eigenvalue weighted by atomic mass is 9.86. The second kappa shape index (κ2) is 5.89. The minimum atomic E-state index is -0.966. The molecule has 0 aromatic heterocycles. The third-order valence-corrected chi connectivity index (χ3v) is 4.92. The largest absolute Gasteiger partial charge is 0.325 e. The van der Waals surface area contributed by atoms with Gasteiger partial charge in [0.15, 0.2) is 0 Å². The van der Waals surface area contributed by atoms with E-state index in [0.717, 1.165) is 31.5 Å². The van der Waals surface area contributed by atoms with Crippen LogP contribution in [0.25, 0.3) is 0 Å². The summed E-state index contributed by atoms with van der Waals surface area (Å²) in [4.78, 5) is 26.9. The molecule has 0 saturated carbocycles. The Balaban J connectivity index is 1.94. The first-order chi connectivity index (χ1) is 10.6. The van der Waals surface area contributed by atoms with E-state index in [-0.39, 0.29) is 18.0 Å². The van der Waals surface area contributed by atoms with Gasteiger partial charge in [-0.2, -0.15) is 0 Å². The molecule has 1 aromatic rings. The number of carbonyl (C=O) groups is 2. The minimum absolute atomic E-state index is 0.0190. The summed E-state index contributed by atoms with van der Waals surface area (Å²) in [5.74, 6) is -0.144. The minimum Gasteiger partial charge on any atom is -0.319 e. The molecule has 1 atom stereocenters. The predicted molar refractivity (Wildman–Crippen MR) is 84.7 cm³/mol. The van der Waals surface area contributed by atoms with Crippen molar-refractivity contribution in [1.29, 1.82) is 0 Å². The zero-order valence-corrected chi connectivity index (χ0v) is 13.3. The molecule has 5 nitrogen and oxygen atoms in total. The molecule has 2 fully saturated rings. The fraction of sp³-hybridized carbons (Fsp3) is 0.500. The molecule has 1 aromatic carbocycles. The van der Waals surface area contributed by atoms with Crippen LogP contribution in [0, 0.1) is 0 Å². The van der Waals surface area contributed by atoms with Crippen LogP contribution in [0.1, 0.15) is 31.7 Å². The summed E-state index contributed by atoms with van der Waals surface area (Å²) in [5.41, 5.74) is -0.179. The highest BCUT2D eigenvalue weighted by atomic mass is 35.5. The zero-order chi connectivity index (χ0) is 15.7. The summed E-state index contributed by atoms with van der Waals surface area (Å²) < 4.78 is 0. The van der Waals surface area contributed by atoms with Gasteiger partial charge >= 0.3 is 6.03 Å². The number of hydrogen-bond acceptors (Lipinski definition) is 3. The molecule has 6 heteroatoms. The summed E-state index contributed by atoms with van der Waals surface area (Å²) in [7, 11) is 0. The first-order valence-electron chi connectivity index (χ1n) is 7.71. The third-order valence-electron chi connectivity index (χ3n) is 4.66. The first kappa shape index (κ1) is 15.3. The van der Waals surface area contributed by atoms with Crippen molar-refractivity contribution in [2.75, 3.05) is 13.1 Å². The van der Waals surface area contributed by atoms with Gasteiger partial charge in [-0.1, -0.05) is 30.7 Å². The molecular formula is C16H20ClN3O2. The van der Waals surface area contributed by atoms with Crippen LogP contribution >= 0.6 is 11.6 Å². The molecule has 2 N–H and O–H groups in total. The molecule has 1 unspecified atom stereocenters. The molecule has 0 aliphatic carbocycles. The van der Waals surface area contributed by atoms with Crippen LogP contribution in [0.15, 0.2) is 24.3 Å². The van der Waals surface area contributed by atoms with Gasteiger partial charge in [-0.3, -0.25) is 9.69 Å². The second-order valence-corrected chi connectivity index (χ2v) is 6.29. The smallest absolute Gasteiger partial charge is 0.319 e. The number of nitrogens with one attached hydrogen (secondary N) is 2. The lowest BCUT2D eigenvalue weighted by Gasteiger charge is -2.31. The number of amides is 3. The number of piperidine rings is 1. The Labute approximate surface area is 135 Å². The number of carbonyl (C=O) groups excluding carboxylic acids is 2. The van der Waals surface area contributed by atoms with Crippen LogP contribution in [0.3, 0.4) is 0 Å². The third kappa shape index (κ3) is 2.38. The molecule has 2 heterocycles. The summed E-state index contributed by atoms with van der Waals surface area (Å²) in [6.45, 7) is 3.59. The normalized spacial score (nSPS) is 26.4. The Morgan fingerprint density at radius 1 is 1.23 bits per heavy atom. The van der Waals surface area contributed by atoms with E-state index >= 15 is 0 Å². The summed E-state index contributed by atoms with van der Waals surface area (Å²) in [5, 5.41) is 6.79. The van der Waals surface area contributed by atoms with E-state index in [4.69, 9.17) is 11.6 Å². The topological polar surface area (TPSA) is 61.4 Å². The van der Waals surface area contributed by atoms with Crippen LogP contribution in [-0.4, -0.2) is 36.0 Å². The van der Waals surface area contributed by atoms with E-state index in [1.165, 1.54) is 4.90 Å². The number of benzene rings is 1. The highest BCUT2D eigenvalue weighted by Crippen LogP contribution is 2.35. The number of rotatable bonds is 3. The Hall–Kier alpha value is -1.59. The number of imide groups is 1. The molecule has 118 valence electrons. The molecule has 2 aliphatic heterocycles. The predicted octanol–water partition coefficient (Wildman–Crippen LogP) is 2.25. The molecule has 22 heavy (non-hydrogen) atoms. The maximum absolute atomic E-state index is 13.0. The monoisotopic (exact) mass is 321 g/mol. The average Bonchev–Trinajstić information content (AvgIpc) is 2.80. The van der Waals surface area contributed by atoms with Gasteiger partial charge in [0.25, 0.3) is 5.91 Å². The van der Waals surface area contributed by atoms with Crippen molar-refractivity contribution in [3.8, 4) is 0 Å². The van der Waals surface area contributed by atoms with Crippen molar-refractivity contribution in [3.63, 3.8) is 0 Å². The fourth-order valence-corrected chi connectivity index (χ4v) is 3.49. The summed E-state index contributed by atoms with van der Waals surface area (Å²) in [6, 6.07) is 6.83. The van der Waals surface area contributed by atoms with Crippen molar-refractivity contribution < 1.29 is 9.59 Å². The Kier molecular flexibility index (Phi) is 4.10. The van der Waals surface area contributed by atoms with Crippen LogP contribution < -0.4 is 10.6 Å². The van der Waals surface area contributed by atoms with Crippen LogP contribution in [0.5, 0.6) is 0 Å². The molecule has 2 aliphatic rings. The number of urea groups is 1. The first-order valence-corrected chi connectivity index (χ1v) is 8.09. The van der Waals surface area contributed by atoms with Gasteiger partial charge in [0.1, 0.15) is 5.54 Å². The Morgan fingerprint density at radius 3 is 2.45 bits per heavy atom. The summed E-state index contributed by atoms with van der Waals surface area (Å²) >= 11 is 5.93. The van der Waals surface area contributed by atoms with Gasteiger partial charge in [0, 0.05) is 11.1 Å². The van der Waals surface area contributed by atoms with Gasteiger partial charge < -0.3 is 10.6 Å². The van der Waals surface area contributed by atoms with E-state index in [0.29, 0.717) is 11.4 Å². The molecule has 0 spiro atoms. The van der Waals surface area contributed by atoms with E-state index < -0.39 is 5.54 Å². The van der Waals surface area contributed by atoms with Gasteiger partial charge in [-0.05, 0) is 50.0 Å². The highest BCUT2D eigenvalue weighted by molar-refractivity contribution is 6.30. The van der Waals surface area contributed by atoms with Gasteiger partial charge in [-0.25, -0.2) is 4.79 Å². The van der Waals surface area contributed by atoms with Gasteiger partial charge in [0.05, 0.1) is 0 Å². The van der Waals surface area contributed by atoms with Crippen LogP contribution in [0.4, 0.5) is 4.79 Å². The second-order valence-electron chi connectivity index (χ2n) is 5.85. The van der Waals surface area contributed by atoms with E-state index in [1.807, 2.05) is 19.1 Å². The fourth-order valence-electron chi connectivity index (χ4n) is 3.36. The Morgan fingerprint density at radius 2 is 1.86 bits per heavy atom. The van der Waals surface area contributed by atoms with Gasteiger partial charge in [0.2, 0.25) is 0 Å². The SMILES string of the molecule is CCC1(c2ccc(Cl)cc2)NC(=O)N(C2CCNCC2)C1=O. The van der Waals surface area contributed by atoms with Crippen molar-refractivity contribution >= 4 is 23.5 Å². The number of nitrogens with zero attached hydrogens (tertiary/aromatic N) is 1. The average molecular weight is 322 g/mol. The van der Waals surface area contributed by atoms with Crippen LogP contribution in [0.2, 0.25) is 5.02 Å². The summed E-state index contributed by atoms with van der Waals surface area (Å²) in [6.07, 6.45) is 2.12. The van der Waals surface area contributed by atoms with E-state index in [9.17, 15) is 9.59 Å². The van der Waals surface area contributed by atoms with Crippen molar-refractivity contribution in [2.45, 2.75) is 37.8 Å². The van der Waals surface area contributed by atoms with Gasteiger partial charge in [-0.15, -0.1) is 0 Å². The number of hydrogen-bond donors (Lipinski definition) is 2. The molecule has 3 amide bonds.